The standard InChI is InChI=1S/C23H24N6O5/c1-14-7-3-6-10-18(14)34-13-16(30)12-29-19-20(28(2)23(33)26-21(19)32)25-22(29)27-24-11-15-8-4-5-9-17(15)31/h3-11,16,30-31H,12-13H2,1-2H3,(H,25,27)(H,26,32,33)/b24-11-/t16-/m0/s1. The lowest BCUT2D eigenvalue weighted by Gasteiger charge is -2.16. The normalized spacial score (nSPS) is 12.3. The minimum atomic E-state index is -1.00. The average molecular weight is 464 g/mol. The SMILES string of the molecule is Cc1ccccc1OC[C@@H](O)Cn1c(N/N=C\c2ccccc2O)nc2c1c(=O)[nH]c(=O)n2C. The fraction of sp³-hybridized carbons (Fsp3) is 0.217. The molecule has 2 aromatic carbocycles. The highest BCUT2D eigenvalue weighted by molar-refractivity contribution is 5.83. The molecule has 11 heteroatoms. The largest absolute Gasteiger partial charge is 0.507 e. The van der Waals surface area contributed by atoms with E-state index < -0.39 is 17.4 Å². The molecule has 4 aromatic rings. The molecule has 0 unspecified atom stereocenters. The molecule has 0 aliphatic carbocycles. The maximum absolute atomic E-state index is 12.6. The molecule has 4 N–H and O–H groups in total. The van der Waals surface area contributed by atoms with Gasteiger partial charge in [-0.3, -0.25) is 14.3 Å². The highest BCUT2D eigenvalue weighted by Gasteiger charge is 2.20. The lowest BCUT2D eigenvalue weighted by atomic mass is 10.2. The highest BCUT2D eigenvalue weighted by atomic mass is 16.5. The van der Waals surface area contributed by atoms with Gasteiger partial charge in [0.15, 0.2) is 11.2 Å². The number of aromatic nitrogens is 4. The van der Waals surface area contributed by atoms with Crippen LogP contribution in [0.1, 0.15) is 11.1 Å². The van der Waals surface area contributed by atoms with E-state index in [2.05, 4.69) is 20.5 Å². The van der Waals surface area contributed by atoms with E-state index in [0.717, 1.165) is 5.56 Å². The molecule has 0 aliphatic rings. The first kappa shape index (κ1) is 22.8. The number of fused-ring (bicyclic) bond motifs is 1. The van der Waals surface area contributed by atoms with Gasteiger partial charge in [-0.25, -0.2) is 10.2 Å². The molecule has 0 amide bonds. The lowest BCUT2D eigenvalue weighted by molar-refractivity contribution is 0.0935. The molecular formula is C23H24N6O5. The number of nitrogens with zero attached hydrogens (tertiary/aromatic N) is 4. The molecule has 0 radical (unpaired) electrons. The minimum Gasteiger partial charge on any atom is -0.507 e. The van der Waals surface area contributed by atoms with Crippen LogP contribution in [0.5, 0.6) is 11.5 Å². The molecule has 0 bridgehead atoms. The van der Waals surface area contributed by atoms with Crippen molar-refractivity contribution < 1.29 is 14.9 Å². The van der Waals surface area contributed by atoms with Crippen LogP contribution >= 0.6 is 0 Å². The zero-order valence-corrected chi connectivity index (χ0v) is 18.6. The van der Waals surface area contributed by atoms with Gasteiger partial charge in [-0.1, -0.05) is 30.3 Å². The van der Waals surface area contributed by atoms with Gasteiger partial charge in [0.1, 0.15) is 24.2 Å². The number of aromatic amines is 1. The number of rotatable bonds is 8. The van der Waals surface area contributed by atoms with Gasteiger partial charge in [0.25, 0.3) is 5.56 Å². The third-order valence-electron chi connectivity index (χ3n) is 5.23. The van der Waals surface area contributed by atoms with Crippen molar-refractivity contribution in [3.8, 4) is 11.5 Å². The van der Waals surface area contributed by atoms with E-state index in [9.17, 15) is 19.8 Å². The molecule has 0 spiro atoms. The third-order valence-corrected chi connectivity index (χ3v) is 5.23. The molecule has 11 nitrogen and oxygen atoms in total. The quantitative estimate of drug-likeness (QED) is 0.227. The first-order valence-electron chi connectivity index (χ1n) is 10.5. The van der Waals surface area contributed by atoms with Gasteiger partial charge in [0.2, 0.25) is 5.95 Å². The first-order chi connectivity index (χ1) is 16.3. The molecule has 0 saturated carbocycles. The van der Waals surface area contributed by atoms with Crippen LogP contribution in [0.4, 0.5) is 5.95 Å². The Morgan fingerprint density at radius 2 is 1.94 bits per heavy atom. The molecule has 0 aliphatic heterocycles. The number of aromatic hydroxyl groups is 1. The molecular weight excluding hydrogens is 440 g/mol. The Morgan fingerprint density at radius 3 is 2.71 bits per heavy atom. The second-order valence-electron chi connectivity index (χ2n) is 7.70. The topological polar surface area (TPSA) is 147 Å². The number of phenols is 1. The fourth-order valence-electron chi connectivity index (χ4n) is 3.42. The second-order valence-corrected chi connectivity index (χ2v) is 7.70. The number of hydrazone groups is 1. The second kappa shape index (κ2) is 9.63. The summed E-state index contributed by atoms with van der Waals surface area (Å²) in [5.74, 6) is 0.815. The van der Waals surface area contributed by atoms with E-state index in [1.807, 2.05) is 25.1 Å². The van der Waals surface area contributed by atoms with Crippen molar-refractivity contribution in [2.24, 2.45) is 12.1 Å². The molecule has 34 heavy (non-hydrogen) atoms. The summed E-state index contributed by atoms with van der Waals surface area (Å²) in [4.78, 5) is 31.2. The van der Waals surface area contributed by atoms with E-state index in [1.165, 1.54) is 28.5 Å². The van der Waals surface area contributed by atoms with E-state index in [0.29, 0.717) is 11.3 Å². The average Bonchev–Trinajstić information content (AvgIpc) is 3.17. The van der Waals surface area contributed by atoms with Gasteiger partial charge < -0.3 is 19.5 Å². The molecule has 0 fully saturated rings. The summed E-state index contributed by atoms with van der Waals surface area (Å²) in [6, 6.07) is 14.1. The molecule has 0 saturated heterocycles. The summed E-state index contributed by atoms with van der Waals surface area (Å²) in [5.41, 5.74) is 3.09. The van der Waals surface area contributed by atoms with E-state index >= 15 is 0 Å². The van der Waals surface area contributed by atoms with Crippen LogP contribution in [0.2, 0.25) is 0 Å². The lowest BCUT2D eigenvalue weighted by Crippen LogP contribution is -2.30. The zero-order chi connectivity index (χ0) is 24.2. The number of aliphatic hydroxyl groups excluding tert-OH is 1. The summed E-state index contributed by atoms with van der Waals surface area (Å²) in [7, 11) is 1.48. The third kappa shape index (κ3) is 4.69. The van der Waals surface area contributed by atoms with Crippen LogP contribution in [0.15, 0.2) is 63.2 Å². The van der Waals surface area contributed by atoms with Crippen molar-refractivity contribution in [2.45, 2.75) is 19.6 Å². The predicted octanol–water partition coefficient (Wildman–Crippen LogP) is 1.32. The van der Waals surface area contributed by atoms with Crippen LogP contribution in [-0.2, 0) is 13.6 Å². The van der Waals surface area contributed by atoms with Gasteiger partial charge in [-0.2, -0.15) is 10.1 Å². The van der Waals surface area contributed by atoms with Crippen molar-refractivity contribution in [1.82, 2.24) is 19.1 Å². The van der Waals surface area contributed by atoms with Crippen molar-refractivity contribution in [3.05, 3.63) is 80.5 Å². The molecule has 176 valence electrons. The molecule has 1 atom stereocenters. The minimum absolute atomic E-state index is 0.0329. The summed E-state index contributed by atoms with van der Waals surface area (Å²) >= 11 is 0. The Bertz CT molecular complexity index is 1470. The molecule has 2 heterocycles. The smallest absolute Gasteiger partial charge is 0.329 e. The number of para-hydroxylation sites is 2. The van der Waals surface area contributed by atoms with E-state index in [4.69, 9.17) is 4.74 Å². The maximum atomic E-state index is 12.6. The number of nitrogens with one attached hydrogen (secondary N) is 2. The maximum Gasteiger partial charge on any atom is 0.329 e. The Kier molecular flexibility index (Phi) is 6.46. The van der Waals surface area contributed by atoms with Crippen molar-refractivity contribution in [2.75, 3.05) is 12.0 Å². The van der Waals surface area contributed by atoms with Gasteiger partial charge in [-0.05, 0) is 30.7 Å². The number of hydrogen-bond acceptors (Lipinski definition) is 8. The summed E-state index contributed by atoms with van der Waals surface area (Å²) in [6.45, 7) is 1.81. The Morgan fingerprint density at radius 1 is 1.21 bits per heavy atom. The van der Waals surface area contributed by atoms with Gasteiger partial charge in [0.05, 0.1) is 12.8 Å². The van der Waals surface area contributed by atoms with E-state index in [1.54, 1.807) is 24.3 Å². The van der Waals surface area contributed by atoms with Crippen LogP contribution in [0.25, 0.3) is 11.2 Å². The fourth-order valence-corrected chi connectivity index (χ4v) is 3.42. The zero-order valence-electron chi connectivity index (χ0n) is 18.6. The molecule has 2 aromatic heterocycles. The van der Waals surface area contributed by atoms with Gasteiger partial charge in [-0.15, -0.1) is 0 Å². The number of H-pyrrole nitrogens is 1. The number of phenolic OH excluding ortho intramolecular Hbond substituents is 1. The number of imidazole rings is 1. The number of aryl methyl sites for hydroxylation is 2. The van der Waals surface area contributed by atoms with Crippen LogP contribution < -0.4 is 21.4 Å². The summed E-state index contributed by atoms with van der Waals surface area (Å²) < 4.78 is 8.35. The Balaban J connectivity index is 1.64. The number of aliphatic hydroxyl groups is 1. The monoisotopic (exact) mass is 464 g/mol. The number of hydrogen-bond donors (Lipinski definition) is 4. The molecule has 4 rings (SSSR count). The Hall–Kier alpha value is -4.38. The van der Waals surface area contributed by atoms with Gasteiger partial charge in [0, 0.05) is 12.6 Å². The Labute approximate surface area is 193 Å². The van der Waals surface area contributed by atoms with Crippen LogP contribution in [-0.4, -0.2) is 48.2 Å². The van der Waals surface area contributed by atoms with Crippen LogP contribution in [0.3, 0.4) is 0 Å². The van der Waals surface area contributed by atoms with Crippen molar-refractivity contribution in [1.29, 1.82) is 0 Å². The summed E-state index contributed by atoms with van der Waals surface area (Å²) in [6.07, 6.45) is 0.385. The van der Waals surface area contributed by atoms with Gasteiger partial charge >= 0.3 is 5.69 Å². The first-order valence-corrected chi connectivity index (χ1v) is 10.5. The van der Waals surface area contributed by atoms with Crippen LogP contribution in [0, 0.1) is 6.92 Å². The summed E-state index contributed by atoms with van der Waals surface area (Å²) in [5, 5.41) is 24.7. The predicted molar refractivity (Wildman–Crippen MR) is 128 cm³/mol. The highest BCUT2D eigenvalue weighted by Crippen LogP contribution is 2.19. The van der Waals surface area contributed by atoms with E-state index in [-0.39, 0.29) is 36.0 Å². The number of anilines is 1. The van der Waals surface area contributed by atoms with Crippen molar-refractivity contribution in [3.63, 3.8) is 0 Å². The number of ether oxygens (including phenoxy) is 1. The van der Waals surface area contributed by atoms with Crippen molar-refractivity contribution >= 4 is 23.3 Å². The number of benzene rings is 2.